The minimum Gasteiger partial charge on any atom is -0.476 e. The first-order valence-corrected chi connectivity index (χ1v) is 3.99. The number of alkyl halides is 2. The van der Waals surface area contributed by atoms with Crippen LogP contribution in [0.2, 0.25) is 5.02 Å². The summed E-state index contributed by atoms with van der Waals surface area (Å²) in [5.74, 6) is -1.49. The van der Waals surface area contributed by atoms with Gasteiger partial charge in [-0.3, -0.25) is 0 Å². The fourth-order valence-electron chi connectivity index (χ4n) is 1.03. The largest absolute Gasteiger partial charge is 0.476 e. The van der Waals surface area contributed by atoms with Gasteiger partial charge in [-0.05, 0) is 12.5 Å². The molecule has 0 unspecified atom stereocenters. The Morgan fingerprint density at radius 3 is 2.64 bits per heavy atom. The Balaban J connectivity index is 3.45. The lowest BCUT2D eigenvalue weighted by Crippen LogP contribution is -2.08. The number of hydrogen-bond donors (Lipinski definition) is 1. The minimum absolute atomic E-state index is 0.0327. The molecule has 0 radical (unpaired) electrons. The van der Waals surface area contributed by atoms with Gasteiger partial charge in [0.2, 0.25) is 0 Å². The second-order valence-electron chi connectivity index (χ2n) is 2.60. The Kier molecular flexibility index (Phi) is 3.00. The summed E-state index contributed by atoms with van der Waals surface area (Å²) in [6.07, 6.45) is -1.85. The highest BCUT2D eigenvalue weighted by molar-refractivity contribution is 6.31. The van der Waals surface area contributed by atoms with Crippen LogP contribution < -0.4 is 0 Å². The van der Waals surface area contributed by atoms with Gasteiger partial charge < -0.3 is 5.11 Å². The van der Waals surface area contributed by atoms with Gasteiger partial charge in [-0.2, -0.15) is 0 Å². The molecule has 1 rings (SSSR count). The first-order chi connectivity index (χ1) is 6.45. The Labute approximate surface area is 83.3 Å². The third-order valence-corrected chi connectivity index (χ3v) is 2.13. The Morgan fingerprint density at radius 2 is 2.21 bits per heavy atom. The second-order valence-corrected chi connectivity index (χ2v) is 3.01. The van der Waals surface area contributed by atoms with Gasteiger partial charge in [-0.15, -0.1) is 0 Å². The van der Waals surface area contributed by atoms with Crippen LogP contribution in [0.4, 0.5) is 8.78 Å². The average molecular weight is 222 g/mol. The summed E-state index contributed by atoms with van der Waals surface area (Å²) in [6.45, 7) is 1.33. The van der Waals surface area contributed by atoms with Crippen molar-refractivity contribution in [2.24, 2.45) is 0 Å². The van der Waals surface area contributed by atoms with E-state index in [-0.39, 0.29) is 10.6 Å². The van der Waals surface area contributed by atoms with Crippen molar-refractivity contribution in [3.8, 4) is 0 Å². The zero-order valence-corrected chi connectivity index (χ0v) is 7.85. The zero-order chi connectivity index (χ0) is 10.9. The molecule has 0 aromatic carbocycles. The molecule has 1 heterocycles. The molecule has 14 heavy (non-hydrogen) atoms. The zero-order valence-electron chi connectivity index (χ0n) is 7.09. The van der Waals surface area contributed by atoms with Crippen LogP contribution in [0.3, 0.4) is 0 Å². The monoisotopic (exact) mass is 221 g/mol. The van der Waals surface area contributed by atoms with E-state index in [1.807, 2.05) is 0 Å². The highest BCUT2D eigenvalue weighted by atomic mass is 35.5. The van der Waals surface area contributed by atoms with Crippen molar-refractivity contribution >= 4 is 17.6 Å². The van der Waals surface area contributed by atoms with Gasteiger partial charge in [0, 0.05) is 6.20 Å². The van der Waals surface area contributed by atoms with Crippen molar-refractivity contribution in [2.75, 3.05) is 0 Å². The summed E-state index contributed by atoms with van der Waals surface area (Å²) in [5.41, 5.74) is -1.22. The van der Waals surface area contributed by atoms with Crippen molar-refractivity contribution in [1.29, 1.82) is 0 Å². The number of halogens is 3. The molecule has 1 N–H and O–H groups in total. The van der Waals surface area contributed by atoms with E-state index < -0.39 is 23.7 Å². The van der Waals surface area contributed by atoms with Gasteiger partial charge in [0.05, 0.1) is 10.6 Å². The maximum atomic E-state index is 12.5. The van der Waals surface area contributed by atoms with E-state index in [1.54, 1.807) is 0 Å². The van der Waals surface area contributed by atoms with Crippen molar-refractivity contribution in [2.45, 2.75) is 13.3 Å². The average Bonchev–Trinajstić information content (AvgIpc) is 2.08. The second kappa shape index (κ2) is 3.88. The molecule has 0 saturated carbocycles. The predicted molar refractivity (Wildman–Crippen MR) is 45.9 cm³/mol. The number of hydrogen-bond acceptors (Lipinski definition) is 2. The van der Waals surface area contributed by atoms with E-state index in [4.69, 9.17) is 16.7 Å². The molecule has 0 saturated heterocycles. The number of carboxylic acids is 1. The molecule has 1 aromatic rings. The molecule has 0 aliphatic heterocycles. The van der Waals surface area contributed by atoms with Crippen LogP contribution in [-0.4, -0.2) is 16.1 Å². The van der Waals surface area contributed by atoms with Gasteiger partial charge in [0.25, 0.3) is 6.43 Å². The molecule has 0 bridgehead atoms. The van der Waals surface area contributed by atoms with Gasteiger partial charge in [-0.1, -0.05) is 11.6 Å². The normalized spacial score (nSPS) is 10.6. The summed E-state index contributed by atoms with van der Waals surface area (Å²) < 4.78 is 24.9. The molecule has 0 fully saturated rings. The topological polar surface area (TPSA) is 50.2 Å². The van der Waals surface area contributed by atoms with Crippen LogP contribution in [-0.2, 0) is 0 Å². The van der Waals surface area contributed by atoms with Crippen LogP contribution in [0, 0.1) is 6.92 Å². The van der Waals surface area contributed by atoms with Crippen LogP contribution in [0.15, 0.2) is 6.20 Å². The van der Waals surface area contributed by atoms with Crippen LogP contribution in [0.1, 0.15) is 28.0 Å². The first kappa shape index (κ1) is 10.8. The third kappa shape index (κ3) is 1.82. The lowest BCUT2D eigenvalue weighted by atomic mass is 10.1. The van der Waals surface area contributed by atoms with E-state index in [1.165, 1.54) is 6.92 Å². The lowest BCUT2D eigenvalue weighted by Gasteiger charge is -2.08. The summed E-state index contributed by atoms with van der Waals surface area (Å²) in [7, 11) is 0. The highest BCUT2D eigenvalue weighted by Gasteiger charge is 2.23. The molecular formula is C8H6ClF2NO2. The van der Waals surface area contributed by atoms with E-state index in [0.29, 0.717) is 0 Å². The maximum Gasteiger partial charge on any atom is 0.355 e. The smallest absolute Gasteiger partial charge is 0.355 e. The molecule has 0 amide bonds. The number of rotatable bonds is 2. The number of pyridine rings is 1. The number of carboxylic acid groups (broad SMARTS) is 1. The number of carbonyl (C=O) groups is 1. The lowest BCUT2D eigenvalue weighted by molar-refractivity contribution is 0.0676. The fraction of sp³-hybridized carbons (Fsp3) is 0.250. The fourth-order valence-corrected chi connectivity index (χ4v) is 1.18. The Hall–Kier alpha value is -1.23. The molecule has 0 aliphatic rings. The van der Waals surface area contributed by atoms with Crippen LogP contribution in [0.5, 0.6) is 0 Å². The first-order valence-electron chi connectivity index (χ1n) is 3.61. The molecular weight excluding hydrogens is 216 g/mol. The summed E-state index contributed by atoms with van der Waals surface area (Å²) in [6, 6.07) is 0. The Bertz CT molecular complexity index is 382. The van der Waals surface area contributed by atoms with E-state index in [2.05, 4.69) is 4.98 Å². The number of aromatic nitrogens is 1. The summed E-state index contributed by atoms with van der Waals surface area (Å²) in [5, 5.41) is 8.62. The van der Waals surface area contributed by atoms with Crippen LogP contribution in [0.25, 0.3) is 0 Å². The molecule has 1 aromatic heterocycles. The predicted octanol–water partition coefficient (Wildman–Crippen LogP) is 2.68. The molecule has 0 spiro atoms. The highest BCUT2D eigenvalue weighted by Crippen LogP contribution is 2.29. The minimum atomic E-state index is -2.90. The molecule has 76 valence electrons. The van der Waals surface area contributed by atoms with Crippen molar-refractivity contribution in [1.82, 2.24) is 4.98 Å². The summed E-state index contributed by atoms with van der Waals surface area (Å²) in [4.78, 5) is 13.9. The molecule has 0 atom stereocenters. The van der Waals surface area contributed by atoms with Gasteiger partial charge >= 0.3 is 5.97 Å². The molecule has 6 heteroatoms. The number of nitrogens with zero attached hydrogens (tertiary/aromatic N) is 1. The van der Waals surface area contributed by atoms with Crippen molar-refractivity contribution in [3.05, 3.63) is 28.0 Å². The molecule has 0 aliphatic carbocycles. The standard InChI is InChI=1S/C8H6ClF2NO2/c1-3-4(9)2-12-6(8(13)14)5(3)7(10)11/h2,7H,1H3,(H,13,14). The number of aromatic carboxylic acids is 1. The van der Waals surface area contributed by atoms with Crippen LogP contribution >= 0.6 is 11.6 Å². The van der Waals surface area contributed by atoms with Crippen molar-refractivity contribution < 1.29 is 18.7 Å². The Morgan fingerprint density at radius 1 is 1.64 bits per heavy atom. The van der Waals surface area contributed by atoms with Crippen molar-refractivity contribution in [3.63, 3.8) is 0 Å². The van der Waals surface area contributed by atoms with E-state index in [9.17, 15) is 13.6 Å². The molecule has 3 nitrogen and oxygen atoms in total. The van der Waals surface area contributed by atoms with Gasteiger partial charge in [0.1, 0.15) is 0 Å². The quantitative estimate of drug-likeness (QED) is 0.835. The SMILES string of the molecule is Cc1c(Cl)cnc(C(=O)O)c1C(F)F. The van der Waals surface area contributed by atoms with E-state index in [0.717, 1.165) is 6.20 Å². The van der Waals surface area contributed by atoms with Gasteiger partial charge in [-0.25, -0.2) is 18.6 Å². The van der Waals surface area contributed by atoms with E-state index >= 15 is 0 Å². The van der Waals surface area contributed by atoms with Gasteiger partial charge in [0.15, 0.2) is 5.69 Å². The summed E-state index contributed by atoms with van der Waals surface area (Å²) >= 11 is 5.55. The third-order valence-electron chi connectivity index (χ3n) is 1.75. The maximum absolute atomic E-state index is 12.5.